The van der Waals surface area contributed by atoms with Gasteiger partial charge in [-0.1, -0.05) is 129 Å². The number of hydrogen-bond donors (Lipinski definition) is 2. The Morgan fingerprint density at radius 2 is 0.717 bits per heavy atom. The molecular weight excluding hydrogens is 674 g/mol. The maximum Gasteiger partial charge on any atom is 0.231 e. The number of halogens is 1. The van der Waals surface area contributed by atoms with E-state index in [-0.39, 0.29) is 22.2 Å². The normalized spacial score (nSPS) is 19.8. The summed E-state index contributed by atoms with van der Waals surface area (Å²) in [7, 11) is 0. The van der Waals surface area contributed by atoms with Crippen molar-refractivity contribution in [2.45, 2.75) is 258 Å². The zero-order valence-corrected chi connectivity index (χ0v) is 37.4. The second-order valence-electron chi connectivity index (χ2n) is 19.9. The summed E-state index contributed by atoms with van der Waals surface area (Å²) in [5, 5.41) is 8.14. The summed E-state index contributed by atoms with van der Waals surface area (Å²) in [6.45, 7) is 25.3. The van der Waals surface area contributed by atoms with E-state index in [1.165, 1.54) is 116 Å². The standard InChI is InChI=1S/C45H86ClN7/c1-11-13-15-17-19-21-23-25-27-29-31-52(37-33-42(3,4)50-43(5,6)34-37)40-47-39(46)48-41(49-40)53(38-35-44(7,8)51-45(9,10)36-38)32-30-28-26-24-22-20-18-16-14-12-2/h37-38,50-51H,11-36H2,1-10H3. The molecule has 0 bridgehead atoms. The number of anilines is 2. The van der Waals surface area contributed by atoms with Gasteiger partial charge in [0.15, 0.2) is 0 Å². The topological polar surface area (TPSA) is 69.2 Å². The molecule has 308 valence electrons. The average molecular weight is 761 g/mol. The van der Waals surface area contributed by atoms with Crippen LogP contribution < -0.4 is 20.4 Å². The van der Waals surface area contributed by atoms with Gasteiger partial charge in [-0.2, -0.15) is 15.0 Å². The molecule has 2 fully saturated rings. The van der Waals surface area contributed by atoms with Crippen LogP contribution in [0.2, 0.25) is 5.28 Å². The van der Waals surface area contributed by atoms with Crippen molar-refractivity contribution in [3.05, 3.63) is 5.28 Å². The van der Waals surface area contributed by atoms with Gasteiger partial charge >= 0.3 is 0 Å². The van der Waals surface area contributed by atoms with Gasteiger partial charge in [0.2, 0.25) is 17.2 Å². The number of nitrogens with one attached hydrogen (secondary N) is 2. The number of piperidine rings is 2. The lowest BCUT2D eigenvalue weighted by Gasteiger charge is -2.50. The van der Waals surface area contributed by atoms with E-state index in [9.17, 15) is 0 Å². The van der Waals surface area contributed by atoms with Gasteiger partial charge in [0.25, 0.3) is 0 Å². The highest BCUT2D eigenvalue weighted by atomic mass is 35.5. The Bertz CT molecular complexity index is 1040. The van der Waals surface area contributed by atoms with E-state index < -0.39 is 0 Å². The second-order valence-corrected chi connectivity index (χ2v) is 20.2. The van der Waals surface area contributed by atoms with Gasteiger partial charge < -0.3 is 20.4 Å². The van der Waals surface area contributed by atoms with Gasteiger partial charge in [-0.05, 0) is 106 Å². The van der Waals surface area contributed by atoms with Crippen molar-refractivity contribution in [2.75, 3.05) is 22.9 Å². The summed E-state index contributed by atoms with van der Waals surface area (Å²) in [4.78, 5) is 20.3. The Morgan fingerprint density at radius 1 is 0.453 bits per heavy atom. The Hall–Kier alpha value is -1.18. The molecular formula is C45H86ClN7. The van der Waals surface area contributed by atoms with Crippen molar-refractivity contribution < 1.29 is 0 Å². The highest BCUT2D eigenvalue weighted by Crippen LogP contribution is 2.36. The fraction of sp³-hybridized carbons (Fsp3) is 0.933. The van der Waals surface area contributed by atoms with Crippen LogP contribution in [-0.4, -0.2) is 62.3 Å². The molecule has 0 amide bonds. The van der Waals surface area contributed by atoms with Crippen molar-refractivity contribution in [3.8, 4) is 0 Å². The van der Waals surface area contributed by atoms with Crippen LogP contribution in [0.3, 0.4) is 0 Å². The molecule has 8 heteroatoms. The third kappa shape index (κ3) is 17.7. The Labute approximate surface area is 333 Å². The molecule has 2 aliphatic rings. The van der Waals surface area contributed by atoms with E-state index in [2.05, 4.69) is 89.7 Å². The molecule has 2 saturated heterocycles. The van der Waals surface area contributed by atoms with Crippen LogP contribution in [0.1, 0.15) is 223 Å². The zero-order chi connectivity index (χ0) is 39.0. The highest BCUT2D eigenvalue weighted by Gasteiger charge is 2.42. The molecule has 0 aromatic carbocycles. The quantitative estimate of drug-likeness (QED) is 0.0911. The molecule has 2 N–H and O–H groups in total. The lowest BCUT2D eigenvalue weighted by molar-refractivity contribution is 0.157. The lowest BCUT2D eigenvalue weighted by atomic mass is 9.79. The number of unbranched alkanes of at least 4 members (excludes halogenated alkanes) is 18. The molecule has 0 radical (unpaired) electrons. The van der Waals surface area contributed by atoms with Gasteiger partial charge in [-0.15, -0.1) is 0 Å². The average Bonchev–Trinajstić information content (AvgIpc) is 3.03. The minimum atomic E-state index is 0.0237. The van der Waals surface area contributed by atoms with E-state index in [1.807, 2.05) is 0 Å². The number of aromatic nitrogens is 3. The van der Waals surface area contributed by atoms with Gasteiger partial charge in [0, 0.05) is 47.3 Å². The third-order valence-electron chi connectivity index (χ3n) is 11.8. The van der Waals surface area contributed by atoms with E-state index in [0.717, 1.165) is 63.5 Å². The first-order valence-electron chi connectivity index (χ1n) is 22.6. The van der Waals surface area contributed by atoms with Crippen LogP contribution in [0.15, 0.2) is 0 Å². The molecule has 3 rings (SSSR count). The van der Waals surface area contributed by atoms with E-state index in [0.29, 0.717) is 17.4 Å². The number of rotatable bonds is 26. The predicted octanol–water partition coefficient (Wildman–Crippen LogP) is 12.6. The van der Waals surface area contributed by atoms with E-state index in [4.69, 9.17) is 26.6 Å². The summed E-state index contributed by atoms with van der Waals surface area (Å²) >= 11 is 6.93. The Kier molecular flexibility index (Phi) is 19.6. The largest absolute Gasteiger partial charge is 0.338 e. The summed E-state index contributed by atoms with van der Waals surface area (Å²) in [5.41, 5.74) is 0.0949. The molecule has 53 heavy (non-hydrogen) atoms. The van der Waals surface area contributed by atoms with Crippen LogP contribution in [0.25, 0.3) is 0 Å². The van der Waals surface area contributed by atoms with E-state index >= 15 is 0 Å². The molecule has 3 heterocycles. The summed E-state index contributed by atoms with van der Waals surface area (Å²) < 4.78 is 0. The molecule has 0 saturated carbocycles. The first-order chi connectivity index (χ1) is 25.1. The molecule has 1 aromatic heterocycles. The monoisotopic (exact) mass is 760 g/mol. The summed E-state index contributed by atoms with van der Waals surface area (Å²) in [5.74, 6) is 1.55. The van der Waals surface area contributed by atoms with Crippen molar-refractivity contribution in [1.29, 1.82) is 0 Å². The molecule has 0 aliphatic carbocycles. The molecule has 0 atom stereocenters. The third-order valence-corrected chi connectivity index (χ3v) is 12.0. The Balaban J connectivity index is 1.80. The van der Waals surface area contributed by atoms with Crippen LogP contribution >= 0.6 is 11.6 Å². The minimum absolute atomic E-state index is 0.0237. The fourth-order valence-corrected chi connectivity index (χ4v) is 10.1. The highest BCUT2D eigenvalue weighted by molar-refractivity contribution is 6.28. The van der Waals surface area contributed by atoms with Gasteiger partial charge in [-0.3, -0.25) is 0 Å². The molecule has 2 aliphatic heterocycles. The van der Waals surface area contributed by atoms with E-state index in [1.54, 1.807) is 0 Å². The maximum atomic E-state index is 6.93. The van der Waals surface area contributed by atoms with Crippen molar-refractivity contribution >= 4 is 23.5 Å². The molecule has 1 aromatic rings. The smallest absolute Gasteiger partial charge is 0.231 e. The van der Waals surface area contributed by atoms with Crippen molar-refractivity contribution in [1.82, 2.24) is 25.6 Å². The van der Waals surface area contributed by atoms with Gasteiger partial charge in [0.05, 0.1) is 0 Å². The summed E-state index contributed by atoms with van der Waals surface area (Å²) in [6.07, 6.45) is 30.8. The van der Waals surface area contributed by atoms with Crippen molar-refractivity contribution in [3.63, 3.8) is 0 Å². The first-order valence-corrected chi connectivity index (χ1v) is 23.0. The van der Waals surface area contributed by atoms with Gasteiger partial charge in [0.1, 0.15) is 0 Å². The first kappa shape index (κ1) is 46.2. The number of nitrogens with zero attached hydrogens (tertiary/aromatic N) is 5. The second kappa shape index (κ2) is 22.5. The maximum absolute atomic E-state index is 6.93. The lowest BCUT2D eigenvalue weighted by Crippen LogP contribution is -2.63. The van der Waals surface area contributed by atoms with Crippen LogP contribution in [0.5, 0.6) is 0 Å². The van der Waals surface area contributed by atoms with Gasteiger partial charge in [-0.25, -0.2) is 0 Å². The van der Waals surface area contributed by atoms with Crippen LogP contribution in [0, 0.1) is 0 Å². The number of hydrogen-bond acceptors (Lipinski definition) is 7. The van der Waals surface area contributed by atoms with Crippen LogP contribution in [0.4, 0.5) is 11.9 Å². The minimum Gasteiger partial charge on any atom is -0.338 e. The fourth-order valence-electron chi connectivity index (χ4n) is 9.99. The molecule has 7 nitrogen and oxygen atoms in total. The SMILES string of the molecule is CCCCCCCCCCCCN(c1nc(Cl)nc(N(CCCCCCCCCCCC)C2CC(C)(C)NC(C)(C)C2)n1)C1CC(C)(C)NC(C)(C)C1. The molecule has 0 unspecified atom stereocenters. The zero-order valence-electron chi connectivity index (χ0n) is 36.7. The van der Waals surface area contributed by atoms with Crippen molar-refractivity contribution in [2.24, 2.45) is 0 Å². The predicted molar refractivity (Wildman–Crippen MR) is 232 cm³/mol. The Morgan fingerprint density at radius 3 is 1.00 bits per heavy atom. The van der Waals surface area contributed by atoms with Crippen LogP contribution in [-0.2, 0) is 0 Å². The molecule has 0 spiro atoms. The summed E-state index contributed by atoms with van der Waals surface area (Å²) in [6, 6.07) is 0.664.